The van der Waals surface area contributed by atoms with Crippen molar-refractivity contribution in [3.63, 3.8) is 0 Å². The second kappa shape index (κ2) is 13.4. The average Bonchev–Trinajstić information content (AvgIpc) is 2.00. The summed E-state index contributed by atoms with van der Waals surface area (Å²) in [6.45, 7) is 1.11. The van der Waals surface area contributed by atoms with Crippen LogP contribution < -0.4 is 103 Å². The summed E-state index contributed by atoms with van der Waals surface area (Å²) in [5, 5.41) is 7.29. The Balaban J connectivity index is -0.000000105. The standard InChI is InChI=1S/C2H4O3.2K.H2O8S2/c1-2(3)5-4;;;1-9(2,3)7-8-10(4,5)6/h4H,1H3;;;(H,1,2,3)(H,4,5,6)/q;2*+1;/p-2. The van der Waals surface area contributed by atoms with E-state index in [1.807, 2.05) is 0 Å². The van der Waals surface area contributed by atoms with Crippen LogP contribution in [0.5, 0.6) is 0 Å². The molecule has 0 atom stereocenters. The molecule has 0 aromatic rings. The summed E-state index contributed by atoms with van der Waals surface area (Å²) < 4.78 is 61.5. The molecule has 92 valence electrons. The third-order valence-electron chi connectivity index (χ3n) is 0.323. The number of carbonyl (C=O) groups is 1. The van der Waals surface area contributed by atoms with E-state index < -0.39 is 26.8 Å². The van der Waals surface area contributed by atoms with Gasteiger partial charge in [-0.05, 0) is 0 Å². The van der Waals surface area contributed by atoms with Crippen LogP contribution in [0.25, 0.3) is 0 Å². The van der Waals surface area contributed by atoms with Crippen molar-refractivity contribution < 1.29 is 152 Å². The van der Waals surface area contributed by atoms with Gasteiger partial charge in [-0.2, -0.15) is 5.26 Å². The normalized spacial score (nSPS) is 9.88. The van der Waals surface area contributed by atoms with Gasteiger partial charge in [0.15, 0.2) is 0 Å². The second-order valence-electron chi connectivity index (χ2n) is 1.54. The molecular formula is C2H4K2O11S2. The van der Waals surface area contributed by atoms with Crippen LogP contribution in [0, 0.1) is 0 Å². The van der Waals surface area contributed by atoms with E-state index in [1.165, 1.54) is 0 Å². The predicted octanol–water partition coefficient (Wildman–Crippen LogP) is -8.11. The van der Waals surface area contributed by atoms with E-state index in [9.17, 15) is 30.7 Å². The fraction of sp³-hybridized carbons (Fsp3) is 0.500. The predicted molar refractivity (Wildman–Crippen MR) is 36.0 cm³/mol. The van der Waals surface area contributed by atoms with Gasteiger partial charge >= 0.3 is 109 Å². The number of rotatable bonds is 3. The fourth-order valence-corrected chi connectivity index (χ4v) is 0.612. The van der Waals surface area contributed by atoms with E-state index >= 15 is 0 Å². The molecule has 0 radical (unpaired) electrons. The van der Waals surface area contributed by atoms with Gasteiger partial charge in [-0.3, -0.25) is 0 Å². The maximum absolute atomic E-state index is 9.37. The third kappa shape index (κ3) is 38.1. The molecule has 1 N–H and O–H groups in total. The van der Waals surface area contributed by atoms with Gasteiger partial charge in [0, 0.05) is 6.92 Å². The number of hydrogen-bond acceptors (Lipinski definition) is 11. The SMILES string of the molecule is CC(=O)OO.O=S(=O)([O-])OOS(=O)(=O)[O-].[K+].[K+]. The maximum Gasteiger partial charge on any atom is 1.00 e. The molecule has 0 aromatic heterocycles. The molecule has 0 aliphatic carbocycles. The smallest absolute Gasteiger partial charge is 0.724 e. The molecule has 17 heavy (non-hydrogen) atoms. The van der Waals surface area contributed by atoms with Crippen LogP contribution in [0.15, 0.2) is 0 Å². The fourth-order valence-electron chi connectivity index (χ4n) is 0.0680. The molecule has 0 fully saturated rings. The first-order valence-electron chi connectivity index (χ1n) is 2.59. The molecule has 0 saturated carbocycles. The molecule has 0 bridgehead atoms. The van der Waals surface area contributed by atoms with E-state index in [1.54, 1.807) is 0 Å². The van der Waals surface area contributed by atoms with E-state index in [0.717, 1.165) is 6.92 Å². The molecule has 0 aliphatic heterocycles. The Morgan fingerprint density at radius 2 is 1.18 bits per heavy atom. The Bertz CT molecular complexity index is 350. The van der Waals surface area contributed by atoms with Gasteiger partial charge in [0.2, 0.25) is 20.8 Å². The summed E-state index contributed by atoms with van der Waals surface area (Å²) in [6, 6.07) is 0. The third-order valence-corrected chi connectivity index (χ3v) is 0.879. The minimum atomic E-state index is -5.31. The van der Waals surface area contributed by atoms with E-state index in [2.05, 4.69) is 13.6 Å². The van der Waals surface area contributed by atoms with Crippen molar-refractivity contribution in [1.82, 2.24) is 0 Å². The van der Waals surface area contributed by atoms with Crippen LogP contribution in [0.2, 0.25) is 0 Å². The molecule has 11 nitrogen and oxygen atoms in total. The van der Waals surface area contributed by atoms with Crippen LogP contribution >= 0.6 is 0 Å². The van der Waals surface area contributed by atoms with Crippen molar-refractivity contribution in [2.75, 3.05) is 0 Å². The minimum absolute atomic E-state index is 0. The Hall–Kier alpha value is 2.44. The topological polar surface area (TPSA) is 179 Å². The maximum atomic E-state index is 9.37. The molecule has 15 heteroatoms. The minimum Gasteiger partial charge on any atom is -0.724 e. The first kappa shape index (κ1) is 27.7. The first-order valence-corrected chi connectivity index (χ1v) is 5.26. The zero-order valence-electron chi connectivity index (χ0n) is 8.85. The largest absolute Gasteiger partial charge is 1.00 e. The number of carbonyl (C=O) groups excluding carboxylic acids is 1. The summed E-state index contributed by atoms with van der Waals surface area (Å²) >= 11 is 0. The molecule has 0 aliphatic rings. The van der Waals surface area contributed by atoms with Crippen LogP contribution in [0.3, 0.4) is 0 Å². The number of hydrogen-bond donors (Lipinski definition) is 1. The second-order valence-corrected chi connectivity index (χ2v) is 3.44. The molecule has 0 unspecified atom stereocenters. The molecule has 0 rings (SSSR count). The average molecular weight is 346 g/mol. The zero-order valence-corrected chi connectivity index (χ0v) is 16.7. The van der Waals surface area contributed by atoms with Crippen LogP contribution in [0.1, 0.15) is 6.92 Å². The van der Waals surface area contributed by atoms with Gasteiger partial charge in [0.25, 0.3) is 0 Å². The van der Waals surface area contributed by atoms with Gasteiger partial charge in [-0.25, -0.2) is 21.6 Å². The molecule has 0 amide bonds. The van der Waals surface area contributed by atoms with Crippen molar-refractivity contribution in [3.05, 3.63) is 0 Å². The van der Waals surface area contributed by atoms with Crippen molar-refractivity contribution >= 4 is 26.8 Å². The van der Waals surface area contributed by atoms with Gasteiger partial charge in [-0.1, -0.05) is 0 Å². The van der Waals surface area contributed by atoms with E-state index in [4.69, 9.17) is 5.26 Å². The van der Waals surface area contributed by atoms with E-state index in [-0.39, 0.29) is 103 Å². The van der Waals surface area contributed by atoms with Gasteiger partial charge < -0.3 is 14.0 Å². The van der Waals surface area contributed by atoms with Gasteiger partial charge in [-0.15, -0.1) is 8.67 Å². The first-order chi connectivity index (χ1) is 6.48. The quantitative estimate of drug-likeness (QED) is 0.168. The van der Waals surface area contributed by atoms with Gasteiger partial charge in [0.1, 0.15) is 0 Å². The zero-order chi connectivity index (χ0) is 12.7. The Kier molecular flexibility index (Phi) is 21.9. The summed E-state index contributed by atoms with van der Waals surface area (Å²) in [7, 11) is -10.6. The molecule has 0 heterocycles. The van der Waals surface area contributed by atoms with Crippen molar-refractivity contribution in [3.8, 4) is 0 Å². The van der Waals surface area contributed by atoms with Crippen molar-refractivity contribution in [2.45, 2.75) is 6.92 Å². The molecule has 0 spiro atoms. The van der Waals surface area contributed by atoms with E-state index in [0.29, 0.717) is 0 Å². The Labute approximate surface area is 182 Å². The summed E-state index contributed by atoms with van der Waals surface area (Å²) in [4.78, 5) is 12.5. The summed E-state index contributed by atoms with van der Waals surface area (Å²) in [5.74, 6) is -0.690. The van der Waals surface area contributed by atoms with Crippen LogP contribution in [-0.4, -0.2) is 37.2 Å². The van der Waals surface area contributed by atoms with Crippen molar-refractivity contribution in [2.24, 2.45) is 0 Å². The monoisotopic (exact) mass is 346 g/mol. The molecule has 0 aromatic carbocycles. The van der Waals surface area contributed by atoms with Crippen LogP contribution in [-0.2, 0) is 39.1 Å². The van der Waals surface area contributed by atoms with Crippen LogP contribution in [0.4, 0.5) is 0 Å². The molecular weight excluding hydrogens is 342 g/mol. The molecule has 0 saturated heterocycles. The summed E-state index contributed by atoms with van der Waals surface area (Å²) in [5.41, 5.74) is 0. The van der Waals surface area contributed by atoms with Gasteiger partial charge in [0.05, 0.1) is 0 Å². The van der Waals surface area contributed by atoms with Crippen molar-refractivity contribution in [1.29, 1.82) is 0 Å². The summed E-state index contributed by atoms with van der Waals surface area (Å²) in [6.07, 6.45) is 0. The Morgan fingerprint density at radius 3 is 1.24 bits per heavy atom. The Morgan fingerprint density at radius 1 is 1.00 bits per heavy atom.